The van der Waals surface area contributed by atoms with Gasteiger partial charge in [0.25, 0.3) is 0 Å². The first-order chi connectivity index (χ1) is 25.7. The zero-order valence-corrected chi connectivity index (χ0v) is 31.7. The predicted octanol–water partition coefficient (Wildman–Crippen LogP) is 8.88. The molecule has 0 heterocycles. The van der Waals surface area contributed by atoms with E-state index in [2.05, 4.69) is 194 Å². The molecule has 0 fully saturated rings. The van der Waals surface area contributed by atoms with E-state index < -0.39 is 7.92 Å². The van der Waals surface area contributed by atoms with Crippen LogP contribution in [0.2, 0.25) is 0 Å². The molecule has 256 valence electrons. The Labute approximate surface area is 323 Å². The SMILES string of the molecule is Oc1ccc([PH+](c2ccc(-c3cccc4ccccc34)cc2)c2ccc(-c3cccc4ccccc34)cc2)cc1.[Br-].c1ccc(-c2ccccc2)cc1. The summed E-state index contributed by atoms with van der Waals surface area (Å²) in [5.41, 5.74) is 7.50. The lowest BCUT2D eigenvalue weighted by Crippen LogP contribution is -3.00. The van der Waals surface area contributed by atoms with E-state index in [4.69, 9.17) is 0 Å². The number of rotatable bonds is 6. The monoisotopic (exact) mass is 764 g/mol. The van der Waals surface area contributed by atoms with Crippen molar-refractivity contribution in [1.29, 1.82) is 0 Å². The van der Waals surface area contributed by atoms with E-state index in [1.54, 1.807) is 12.1 Å². The van der Waals surface area contributed by atoms with E-state index in [9.17, 15) is 5.11 Å². The number of aromatic hydroxyl groups is 1. The molecule has 0 aromatic heterocycles. The Morgan fingerprint density at radius 1 is 0.283 bits per heavy atom. The van der Waals surface area contributed by atoms with Crippen LogP contribution >= 0.6 is 7.92 Å². The van der Waals surface area contributed by atoms with Crippen LogP contribution in [0.25, 0.3) is 54.9 Å². The molecule has 53 heavy (non-hydrogen) atoms. The number of hydrogen-bond acceptors (Lipinski definition) is 1. The summed E-state index contributed by atoms with van der Waals surface area (Å²) >= 11 is 0. The van der Waals surface area contributed by atoms with E-state index in [1.807, 2.05) is 12.1 Å². The van der Waals surface area contributed by atoms with Crippen LogP contribution in [0, 0.1) is 0 Å². The molecule has 0 aliphatic heterocycles. The number of halogens is 1. The zero-order chi connectivity index (χ0) is 35.1. The standard InChI is InChI=1S/C38H27OP.C12H10.BrH/c39-31-19-25-34(26-20-31)40(32-21-15-29(16-22-32)37-13-5-9-27-7-1-3-11-35(27)37)33-23-17-30(18-24-33)38-14-6-10-28-8-2-4-12-36(28)38;1-3-7-11(8-4-1)12-9-5-2-6-10-12;/h1-26,39H;1-10H;1H. The fourth-order valence-electron chi connectivity index (χ4n) is 6.98. The number of benzene rings is 9. The molecular weight excluding hydrogens is 727 g/mol. The van der Waals surface area contributed by atoms with Crippen LogP contribution in [-0.4, -0.2) is 5.11 Å². The zero-order valence-electron chi connectivity index (χ0n) is 29.1. The van der Waals surface area contributed by atoms with Crippen molar-refractivity contribution in [1.82, 2.24) is 0 Å². The van der Waals surface area contributed by atoms with E-state index >= 15 is 0 Å². The van der Waals surface area contributed by atoms with Crippen LogP contribution in [0.3, 0.4) is 0 Å². The fraction of sp³-hybridized carbons (Fsp3) is 0. The van der Waals surface area contributed by atoms with Gasteiger partial charge in [-0.05, 0) is 103 Å². The Kier molecular flexibility index (Phi) is 11.2. The second kappa shape index (κ2) is 16.7. The Morgan fingerprint density at radius 2 is 0.623 bits per heavy atom. The minimum absolute atomic E-state index is 0. The molecule has 0 amide bonds. The largest absolute Gasteiger partial charge is 1.00 e. The summed E-state index contributed by atoms with van der Waals surface area (Å²) < 4.78 is 0. The van der Waals surface area contributed by atoms with Crippen molar-refractivity contribution in [2.24, 2.45) is 0 Å². The molecule has 9 aromatic carbocycles. The maximum atomic E-state index is 9.99. The molecule has 0 aliphatic rings. The predicted molar refractivity (Wildman–Crippen MR) is 226 cm³/mol. The number of hydrogen-bond donors (Lipinski definition) is 1. The van der Waals surface area contributed by atoms with Crippen molar-refractivity contribution >= 4 is 45.4 Å². The normalized spacial score (nSPS) is 10.7. The van der Waals surface area contributed by atoms with Gasteiger partial charge >= 0.3 is 0 Å². The molecule has 9 rings (SSSR count). The summed E-state index contributed by atoms with van der Waals surface area (Å²) in [4.78, 5) is 0. The van der Waals surface area contributed by atoms with Crippen LogP contribution in [-0.2, 0) is 0 Å². The Morgan fingerprint density at radius 3 is 1.04 bits per heavy atom. The Balaban J connectivity index is 0.000000284. The van der Waals surface area contributed by atoms with Crippen molar-refractivity contribution < 1.29 is 22.1 Å². The molecule has 1 N–H and O–H groups in total. The van der Waals surface area contributed by atoms with Gasteiger partial charge in [0.2, 0.25) is 0 Å². The molecule has 3 heteroatoms. The van der Waals surface area contributed by atoms with Crippen molar-refractivity contribution in [3.63, 3.8) is 0 Å². The lowest BCUT2D eigenvalue weighted by Gasteiger charge is -2.13. The quantitative estimate of drug-likeness (QED) is 0.168. The van der Waals surface area contributed by atoms with Crippen molar-refractivity contribution in [3.8, 4) is 39.1 Å². The third-order valence-electron chi connectivity index (χ3n) is 9.59. The van der Waals surface area contributed by atoms with Gasteiger partial charge in [-0.25, -0.2) is 0 Å². The van der Waals surface area contributed by atoms with E-state index in [0.29, 0.717) is 5.75 Å². The maximum absolute atomic E-state index is 9.99. The van der Waals surface area contributed by atoms with Crippen molar-refractivity contribution in [3.05, 3.63) is 218 Å². The van der Waals surface area contributed by atoms with Crippen LogP contribution in [0.15, 0.2) is 218 Å². The van der Waals surface area contributed by atoms with Gasteiger partial charge in [0, 0.05) is 0 Å². The molecule has 0 saturated carbocycles. The number of phenolic OH excluding ortho intramolecular Hbond substituents is 1. The van der Waals surface area contributed by atoms with Gasteiger partial charge in [0.15, 0.2) is 0 Å². The molecule has 0 saturated heterocycles. The smallest absolute Gasteiger partial charge is 0.115 e. The summed E-state index contributed by atoms with van der Waals surface area (Å²) in [5.74, 6) is 0.294. The van der Waals surface area contributed by atoms with Gasteiger partial charge in [-0.15, -0.1) is 0 Å². The Bertz CT molecular complexity index is 2380. The molecule has 0 aliphatic carbocycles. The molecule has 0 bridgehead atoms. The van der Waals surface area contributed by atoms with E-state index in [-0.39, 0.29) is 17.0 Å². The molecule has 0 unspecified atom stereocenters. The minimum Gasteiger partial charge on any atom is -1.00 e. The van der Waals surface area contributed by atoms with Crippen LogP contribution in [0.4, 0.5) is 0 Å². The van der Waals surface area contributed by atoms with Gasteiger partial charge in [0.1, 0.15) is 21.7 Å². The Hall–Kier alpha value is -5.79. The summed E-state index contributed by atoms with van der Waals surface area (Å²) in [6.07, 6.45) is 0. The lowest BCUT2D eigenvalue weighted by molar-refractivity contribution is -0.0000107. The van der Waals surface area contributed by atoms with Gasteiger partial charge in [-0.2, -0.15) is 0 Å². The first-order valence-corrected chi connectivity index (χ1v) is 19.2. The average molecular weight is 766 g/mol. The highest BCUT2D eigenvalue weighted by molar-refractivity contribution is 7.79. The molecule has 0 spiro atoms. The number of fused-ring (bicyclic) bond motifs is 2. The third-order valence-corrected chi connectivity index (χ3v) is 12.3. The highest BCUT2D eigenvalue weighted by Gasteiger charge is 2.26. The van der Waals surface area contributed by atoms with E-state index in [0.717, 1.165) is 0 Å². The van der Waals surface area contributed by atoms with Crippen LogP contribution < -0.4 is 32.9 Å². The fourth-order valence-corrected chi connectivity index (χ4v) is 9.48. The first-order valence-electron chi connectivity index (χ1n) is 17.7. The summed E-state index contributed by atoms with van der Waals surface area (Å²) in [6, 6.07) is 76.8. The average Bonchev–Trinajstić information content (AvgIpc) is 3.23. The van der Waals surface area contributed by atoms with Crippen molar-refractivity contribution in [2.45, 2.75) is 0 Å². The van der Waals surface area contributed by atoms with Gasteiger partial charge < -0.3 is 22.1 Å². The highest BCUT2D eigenvalue weighted by atomic mass is 79.9. The van der Waals surface area contributed by atoms with Crippen LogP contribution in [0.5, 0.6) is 5.75 Å². The molecule has 0 atom stereocenters. The summed E-state index contributed by atoms with van der Waals surface area (Å²) in [5, 5.41) is 18.9. The summed E-state index contributed by atoms with van der Waals surface area (Å²) in [7, 11) is -1.28. The van der Waals surface area contributed by atoms with Crippen LogP contribution in [0.1, 0.15) is 0 Å². The number of phenols is 1. The molecule has 0 radical (unpaired) electrons. The van der Waals surface area contributed by atoms with Gasteiger partial charge in [-0.3, -0.25) is 0 Å². The highest BCUT2D eigenvalue weighted by Crippen LogP contribution is 2.37. The first kappa shape index (κ1) is 35.6. The molecular formula is C50H38BrOP. The second-order valence-electron chi connectivity index (χ2n) is 12.9. The topological polar surface area (TPSA) is 20.2 Å². The van der Waals surface area contributed by atoms with Gasteiger partial charge in [0.05, 0.1) is 7.92 Å². The lowest BCUT2D eigenvalue weighted by atomic mass is 9.98. The van der Waals surface area contributed by atoms with E-state index in [1.165, 1.54) is 70.8 Å². The maximum Gasteiger partial charge on any atom is 0.115 e. The molecule has 1 nitrogen and oxygen atoms in total. The second-order valence-corrected chi connectivity index (χ2v) is 15.3. The van der Waals surface area contributed by atoms with Crippen molar-refractivity contribution in [2.75, 3.05) is 0 Å². The minimum atomic E-state index is -1.28. The summed E-state index contributed by atoms with van der Waals surface area (Å²) in [6.45, 7) is 0. The van der Waals surface area contributed by atoms with Gasteiger partial charge in [-0.1, -0.05) is 170 Å². The molecule has 9 aromatic rings. The third kappa shape index (κ3) is 8.01.